The molecule has 65 heavy (non-hydrogen) atoms. The van der Waals surface area contributed by atoms with E-state index in [9.17, 15) is 4.79 Å². The summed E-state index contributed by atoms with van der Waals surface area (Å²) in [6, 6.07) is 63.0. The molecule has 300 valence electrons. The fourth-order valence-electron chi connectivity index (χ4n) is 11.7. The molecule has 14 rings (SSSR count). The summed E-state index contributed by atoms with van der Waals surface area (Å²) in [6.45, 7) is 8.58. The van der Waals surface area contributed by atoms with E-state index in [4.69, 9.17) is 4.98 Å². The molecule has 0 amide bonds. The second-order valence-corrected chi connectivity index (χ2v) is 17.3. The lowest BCUT2D eigenvalue weighted by molar-refractivity contribution is 1.15. The quantitative estimate of drug-likeness (QED) is 0.0951. The Morgan fingerprint density at radius 3 is 1.54 bits per heavy atom. The van der Waals surface area contributed by atoms with Gasteiger partial charge >= 0.3 is 0 Å². The van der Waals surface area contributed by atoms with Crippen molar-refractivity contribution >= 4 is 86.9 Å². The Balaban J connectivity index is 1.17. The smallest absolute Gasteiger partial charge is 0.264 e. The minimum absolute atomic E-state index is 0.0479. The summed E-state index contributed by atoms with van der Waals surface area (Å²) in [7, 11) is 0. The zero-order valence-corrected chi connectivity index (χ0v) is 35.2. The van der Waals surface area contributed by atoms with Gasteiger partial charge in [-0.25, -0.2) is 4.98 Å². The monoisotopic (exact) mass is 824 g/mol. The van der Waals surface area contributed by atoms with E-state index in [0.717, 1.165) is 82.1 Å². The average molecular weight is 825 g/mol. The molecule has 3 heteroatoms. The first-order valence-electron chi connectivity index (χ1n) is 22.2. The van der Waals surface area contributed by atoms with Gasteiger partial charge in [-0.05, 0) is 134 Å². The van der Waals surface area contributed by atoms with Crippen LogP contribution in [0.4, 0.5) is 0 Å². The van der Waals surface area contributed by atoms with Crippen LogP contribution in [0.25, 0.3) is 143 Å². The summed E-state index contributed by atoms with van der Waals surface area (Å²) in [6.07, 6.45) is 5.94. The summed E-state index contributed by atoms with van der Waals surface area (Å²) in [5, 5.41) is 12.9. The zero-order valence-electron chi connectivity index (χ0n) is 35.2. The van der Waals surface area contributed by atoms with Crippen molar-refractivity contribution in [1.82, 2.24) is 9.38 Å². The van der Waals surface area contributed by atoms with Crippen molar-refractivity contribution in [3.63, 3.8) is 0 Å². The zero-order chi connectivity index (χ0) is 43.1. The van der Waals surface area contributed by atoms with Crippen LogP contribution in [0.2, 0.25) is 0 Å². The molecule has 0 aliphatic heterocycles. The molecule has 0 fully saturated rings. The third-order valence-electron chi connectivity index (χ3n) is 14.1. The number of fused-ring (bicyclic) bond motifs is 8. The number of nitrogens with zero attached hydrogens (tertiary/aromatic N) is 2. The molecule has 13 aromatic rings. The van der Waals surface area contributed by atoms with Gasteiger partial charge in [0, 0.05) is 21.5 Å². The SMILES string of the molecule is C=C/C=C(\C=C)c1c(-c2ccccc2)c(-c2ccccc2)c2c(c1-c1ccccc1)-c1ccc3c4ccc5c(=O)n6c7cccc8cccc(nc6c6ccc(c9ccc-2c1c39)c4c56)c87. The van der Waals surface area contributed by atoms with Gasteiger partial charge in [-0.15, -0.1) is 0 Å². The van der Waals surface area contributed by atoms with Crippen LogP contribution in [0.5, 0.6) is 0 Å². The van der Waals surface area contributed by atoms with Crippen molar-refractivity contribution in [2.24, 2.45) is 0 Å². The fourth-order valence-corrected chi connectivity index (χ4v) is 11.7. The first-order chi connectivity index (χ1) is 32.1. The Hall–Kier alpha value is -8.66. The van der Waals surface area contributed by atoms with Gasteiger partial charge < -0.3 is 0 Å². The van der Waals surface area contributed by atoms with E-state index < -0.39 is 0 Å². The van der Waals surface area contributed by atoms with Crippen LogP contribution < -0.4 is 5.56 Å². The lowest BCUT2D eigenvalue weighted by Gasteiger charge is -2.26. The molecule has 0 radical (unpaired) electrons. The summed E-state index contributed by atoms with van der Waals surface area (Å²) < 4.78 is 1.83. The third-order valence-corrected chi connectivity index (χ3v) is 14.1. The Morgan fingerprint density at radius 1 is 0.446 bits per heavy atom. The van der Waals surface area contributed by atoms with Gasteiger partial charge in [-0.1, -0.05) is 183 Å². The first-order valence-corrected chi connectivity index (χ1v) is 22.2. The van der Waals surface area contributed by atoms with Gasteiger partial charge in [0.25, 0.3) is 5.56 Å². The Labute approximate surface area is 373 Å². The number of rotatable bonds is 6. The van der Waals surface area contributed by atoms with Crippen LogP contribution in [0.1, 0.15) is 5.56 Å². The number of hydrogen-bond acceptors (Lipinski definition) is 2. The first kappa shape index (κ1) is 35.9. The van der Waals surface area contributed by atoms with Gasteiger partial charge in [0.1, 0.15) is 5.65 Å². The molecular formula is C62H36N2O. The van der Waals surface area contributed by atoms with Gasteiger partial charge in [0.05, 0.1) is 11.0 Å². The highest BCUT2D eigenvalue weighted by Gasteiger charge is 2.35. The van der Waals surface area contributed by atoms with Crippen LogP contribution in [-0.4, -0.2) is 9.38 Å². The molecule has 0 atom stereocenters. The van der Waals surface area contributed by atoms with Crippen molar-refractivity contribution in [3.05, 3.63) is 223 Å². The number of allylic oxidation sites excluding steroid dienone is 4. The predicted molar refractivity (Wildman–Crippen MR) is 275 cm³/mol. The van der Waals surface area contributed by atoms with Gasteiger partial charge in [-0.2, -0.15) is 0 Å². The average Bonchev–Trinajstić information content (AvgIpc) is 3.70. The van der Waals surface area contributed by atoms with E-state index >= 15 is 0 Å². The molecule has 3 nitrogen and oxygen atoms in total. The Kier molecular flexibility index (Phi) is 7.28. The van der Waals surface area contributed by atoms with E-state index in [-0.39, 0.29) is 5.56 Å². The highest BCUT2D eigenvalue weighted by Crippen LogP contribution is 2.61. The molecule has 11 aromatic carbocycles. The summed E-state index contributed by atoms with van der Waals surface area (Å²) in [5.74, 6) is 0. The highest BCUT2D eigenvalue weighted by molar-refractivity contribution is 6.41. The molecule has 0 N–H and O–H groups in total. The van der Waals surface area contributed by atoms with Gasteiger partial charge in [0.15, 0.2) is 0 Å². The maximum atomic E-state index is 14.9. The van der Waals surface area contributed by atoms with Crippen LogP contribution >= 0.6 is 0 Å². The lowest BCUT2D eigenvalue weighted by Crippen LogP contribution is -2.16. The van der Waals surface area contributed by atoms with E-state index in [1.54, 1.807) is 0 Å². The Bertz CT molecular complexity index is 4290. The minimum Gasteiger partial charge on any atom is -0.268 e. The standard InChI is InChI=1S/C62H36N2O/c1-3-16-35(4-2)51-52(37-17-8-5-9-18-37)54(39-21-12-7-13-22-39)60-45-32-27-40-42-29-33-46-58-47(62(65)64-49-26-15-24-36-23-14-25-48(50(36)49)63-61(46)64)34-30-43(56(42)58)41-28-31-44(57(45)55(40)41)59(60)53(51)38-19-10-6-11-20-38/h3-34H,1-2H2/b35-16+. The van der Waals surface area contributed by atoms with Crippen LogP contribution in [0.3, 0.4) is 0 Å². The number of aromatic nitrogens is 2. The molecule has 0 saturated heterocycles. The van der Waals surface area contributed by atoms with E-state index in [2.05, 4.69) is 177 Å². The molecule has 1 aliphatic carbocycles. The Morgan fingerprint density at radius 2 is 0.938 bits per heavy atom. The van der Waals surface area contributed by atoms with Gasteiger partial charge in [-0.3, -0.25) is 9.20 Å². The molecule has 0 unspecified atom stereocenters. The fraction of sp³-hybridized carbons (Fsp3) is 0. The number of pyridine rings is 1. The molecule has 0 bridgehead atoms. The van der Waals surface area contributed by atoms with Crippen molar-refractivity contribution < 1.29 is 0 Å². The molecule has 2 heterocycles. The molecule has 2 aromatic heterocycles. The third kappa shape index (κ3) is 4.63. The highest BCUT2D eigenvalue weighted by atomic mass is 16.1. The van der Waals surface area contributed by atoms with Crippen LogP contribution in [0, 0.1) is 0 Å². The summed E-state index contributed by atoms with van der Waals surface area (Å²) >= 11 is 0. The maximum absolute atomic E-state index is 14.9. The molecule has 0 spiro atoms. The molecule has 1 aliphatic rings. The van der Waals surface area contributed by atoms with E-state index in [1.807, 2.05) is 34.8 Å². The second-order valence-electron chi connectivity index (χ2n) is 17.3. The maximum Gasteiger partial charge on any atom is 0.264 e. The lowest BCUT2D eigenvalue weighted by atomic mass is 9.76. The van der Waals surface area contributed by atoms with E-state index in [0.29, 0.717) is 11.0 Å². The normalized spacial score (nSPS) is 12.6. The van der Waals surface area contributed by atoms with Crippen LogP contribution in [-0.2, 0) is 0 Å². The topological polar surface area (TPSA) is 34.4 Å². The number of benzene rings is 11. The summed E-state index contributed by atoms with van der Waals surface area (Å²) in [4.78, 5) is 20.1. The minimum atomic E-state index is -0.0479. The summed E-state index contributed by atoms with van der Waals surface area (Å²) in [5.41, 5.74) is 16.3. The van der Waals surface area contributed by atoms with Crippen molar-refractivity contribution in [2.75, 3.05) is 0 Å². The van der Waals surface area contributed by atoms with Crippen molar-refractivity contribution in [2.45, 2.75) is 0 Å². The van der Waals surface area contributed by atoms with Crippen molar-refractivity contribution in [3.8, 4) is 55.6 Å². The van der Waals surface area contributed by atoms with Crippen molar-refractivity contribution in [1.29, 1.82) is 0 Å². The number of hydrogen-bond donors (Lipinski definition) is 0. The predicted octanol–water partition coefficient (Wildman–Crippen LogP) is 16.0. The molecular weight excluding hydrogens is 789 g/mol. The second kappa shape index (κ2) is 13.2. The van der Waals surface area contributed by atoms with E-state index in [1.165, 1.54) is 54.9 Å². The largest absolute Gasteiger partial charge is 0.268 e. The van der Waals surface area contributed by atoms with Gasteiger partial charge in [0.2, 0.25) is 0 Å². The molecule has 0 saturated carbocycles. The van der Waals surface area contributed by atoms with Crippen LogP contribution in [0.15, 0.2) is 212 Å².